The van der Waals surface area contributed by atoms with Crippen LogP contribution in [0.1, 0.15) is 20.7 Å². The number of hydrogen-bond acceptors (Lipinski definition) is 10. The Labute approximate surface area is 370 Å². The van der Waals surface area contributed by atoms with Crippen LogP contribution in [-0.2, 0) is 19.7 Å². The molecule has 5 aliphatic heterocycles. The highest BCUT2D eigenvalue weighted by molar-refractivity contribution is 8.00. The summed E-state index contributed by atoms with van der Waals surface area (Å²) in [5.41, 5.74) is 7.27. The first kappa shape index (κ1) is 36.7. The summed E-state index contributed by atoms with van der Waals surface area (Å²) >= 11 is 3.00. The molecule has 5 aliphatic rings. The second-order valence-corrected chi connectivity index (χ2v) is 21.6. The quantitative estimate of drug-likeness (QED) is 0.159. The van der Waals surface area contributed by atoms with Gasteiger partial charge in [0.15, 0.2) is 0 Å². The van der Waals surface area contributed by atoms with Gasteiger partial charge in [-0.15, -0.1) is 0 Å². The van der Waals surface area contributed by atoms with Gasteiger partial charge in [-0.2, -0.15) is 0 Å². The first-order chi connectivity index (χ1) is 30.6. The van der Waals surface area contributed by atoms with Gasteiger partial charge in [0, 0.05) is 19.6 Å². The van der Waals surface area contributed by atoms with E-state index in [1.54, 1.807) is 90.6 Å². The van der Waals surface area contributed by atoms with Crippen LogP contribution in [0.5, 0.6) is 0 Å². The Bertz CT molecular complexity index is 3690. The van der Waals surface area contributed by atoms with E-state index in [0.717, 1.165) is 31.0 Å². The Kier molecular flexibility index (Phi) is 7.48. The number of anilines is 7. The van der Waals surface area contributed by atoms with Gasteiger partial charge in [-0.3, -0.25) is 9.59 Å². The van der Waals surface area contributed by atoms with Crippen LogP contribution in [0.3, 0.4) is 0 Å². The molecule has 0 fully saturated rings. The summed E-state index contributed by atoms with van der Waals surface area (Å²) in [5, 5.41) is 0. The highest BCUT2D eigenvalue weighted by Crippen LogP contribution is 2.60. The fraction of sp³-hybridized carbons (Fsp3) is 0. The smallest absolute Gasteiger partial charge is 0.266 e. The number of imide groups is 1. The Balaban J connectivity index is 1.02. The molecule has 63 heavy (non-hydrogen) atoms. The van der Waals surface area contributed by atoms with Crippen molar-refractivity contribution in [1.82, 2.24) is 0 Å². The molecule has 0 saturated carbocycles. The van der Waals surface area contributed by atoms with Crippen LogP contribution in [-0.4, -0.2) is 28.6 Å². The molecule has 0 atom stereocenters. The summed E-state index contributed by atoms with van der Waals surface area (Å²) in [4.78, 5) is 37.9. The van der Waals surface area contributed by atoms with Gasteiger partial charge in [0.2, 0.25) is 19.7 Å². The van der Waals surface area contributed by atoms with Crippen molar-refractivity contribution in [2.45, 2.75) is 39.2 Å². The van der Waals surface area contributed by atoms with Crippen molar-refractivity contribution in [3.8, 4) is 22.3 Å². The van der Waals surface area contributed by atoms with Crippen molar-refractivity contribution >= 4 is 94.8 Å². The minimum absolute atomic E-state index is 0.123. The van der Waals surface area contributed by atoms with Gasteiger partial charge >= 0.3 is 0 Å². The number of carbonyl (C=O) groups is 2. The van der Waals surface area contributed by atoms with Crippen molar-refractivity contribution in [1.29, 1.82) is 0 Å². The molecule has 8 aromatic carbocycles. The molecule has 13 rings (SSSR count). The van der Waals surface area contributed by atoms with E-state index in [4.69, 9.17) is 0 Å². The highest BCUT2D eigenvalue weighted by atomic mass is 32.2. The minimum atomic E-state index is -4.04. The van der Waals surface area contributed by atoms with Crippen LogP contribution in [0.4, 0.5) is 39.8 Å². The lowest BCUT2D eigenvalue weighted by atomic mass is 9.90. The van der Waals surface area contributed by atoms with Crippen molar-refractivity contribution in [3.63, 3.8) is 0 Å². The predicted molar refractivity (Wildman–Crippen MR) is 243 cm³/mol. The van der Waals surface area contributed by atoms with Crippen molar-refractivity contribution < 1.29 is 26.4 Å². The van der Waals surface area contributed by atoms with Gasteiger partial charge in [0.25, 0.3) is 11.8 Å². The maximum Gasteiger partial charge on any atom is 0.266 e. The molecular formula is C50H27N3O6S4. The normalized spacial score (nSPS) is 16.3. The topological polar surface area (TPSA) is 112 Å². The third kappa shape index (κ3) is 4.95. The first-order valence-electron chi connectivity index (χ1n) is 19.9. The molecule has 9 nitrogen and oxygen atoms in total. The number of amides is 2. The average molecular weight is 894 g/mol. The summed E-state index contributed by atoms with van der Waals surface area (Å²) in [6.07, 6.45) is 0. The largest absolute Gasteiger partial charge is 0.306 e. The Morgan fingerprint density at radius 3 is 1.49 bits per heavy atom. The van der Waals surface area contributed by atoms with Gasteiger partial charge in [-0.05, 0) is 119 Å². The third-order valence-electron chi connectivity index (χ3n) is 12.2. The summed E-state index contributed by atoms with van der Waals surface area (Å²) in [6, 6.07) is 49.1. The van der Waals surface area contributed by atoms with Crippen LogP contribution in [0.15, 0.2) is 203 Å². The Hall–Kier alpha value is -6.90. The number of carbonyl (C=O) groups excluding carboxylic acids is 2. The SMILES string of the molecule is O=C1c2cc(-c3ccc4c(c3)Sc3cccc5c3N4c3ccccc3S5(=O)=O)c(-c3ccc4c(c3)S(=O)(=O)c3cccc5c3N4c3ccccc3S5)cc2C(=O)N1c1ccccc1. The van der Waals surface area contributed by atoms with Crippen LogP contribution in [0.2, 0.25) is 0 Å². The molecule has 8 aromatic rings. The summed E-state index contributed by atoms with van der Waals surface area (Å²) in [7, 11) is -7.81. The van der Waals surface area contributed by atoms with Crippen molar-refractivity contribution in [3.05, 3.63) is 175 Å². The third-order valence-corrected chi connectivity index (χ3v) is 18.1. The monoisotopic (exact) mass is 893 g/mol. The zero-order valence-electron chi connectivity index (χ0n) is 32.5. The number of para-hydroxylation sites is 5. The molecule has 0 aromatic heterocycles. The standard InChI is InChI=1S/C50H27N3O6S4/c54-49-33-26-31(28-20-22-36-42(24-28)61-41-16-9-18-44-48(41)53(36)37-13-5-7-17-43(37)62(44,56)57)32(27-34(33)50(55)51(49)30-10-2-1-3-11-30)29-21-23-38-46(25-29)63(58,59)45-19-8-15-40-47(45)52(38)35-12-4-6-14-39(35)60-40/h1-27H. The van der Waals surface area contributed by atoms with E-state index in [1.807, 2.05) is 94.7 Å². The predicted octanol–water partition coefficient (Wildman–Crippen LogP) is 12.0. The van der Waals surface area contributed by atoms with Gasteiger partial charge < -0.3 is 9.80 Å². The summed E-state index contributed by atoms with van der Waals surface area (Å²) < 4.78 is 57.3. The molecule has 13 heteroatoms. The minimum Gasteiger partial charge on any atom is -0.306 e. The van der Waals surface area contributed by atoms with Crippen molar-refractivity contribution in [2.75, 3.05) is 14.7 Å². The number of benzene rings is 8. The lowest BCUT2D eigenvalue weighted by molar-refractivity contribution is 0.0926. The summed E-state index contributed by atoms with van der Waals surface area (Å²) in [5.74, 6) is -0.938. The molecule has 0 unspecified atom stereocenters. The van der Waals surface area contributed by atoms with E-state index in [1.165, 1.54) is 16.7 Å². The second kappa shape index (κ2) is 12.8. The van der Waals surface area contributed by atoms with Crippen LogP contribution < -0.4 is 14.7 Å². The van der Waals surface area contributed by atoms with Gasteiger partial charge in [0.1, 0.15) is 0 Å². The molecule has 5 heterocycles. The summed E-state index contributed by atoms with van der Waals surface area (Å²) in [6.45, 7) is 0. The maximum atomic E-state index is 14.8. The van der Waals surface area contributed by atoms with E-state index in [0.29, 0.717) is 50.7 Å². The Morgan fingerprint density at radius 1 is 0.349 bits per heavy atom. The molecule has 0 saturated heterocycles. The number of nitrogens with zero attached hydrogens (tertiary/aromatic N) is 3. The van der Waals surface area contributed by atoms with E-state index in [-0.39, 0.29) is 30.7 Å². The zero-order valence-corrected chi connectivity index (χ0v) is 35.8. The Morgan fingerprint density at radius 2 is 0.825 bits per heavy atom. The molecule has 0 N–H and O–H groups in total. The molecule has 302 valence electrons. The van der Waals surface area contributed by atoms with E-state index in [9.17, 15) is 26.4 Å². The van der Waals surface area contributed by atoms with Gasteiger partial charge in [-0.25, -0.2) is 21.7 Å². The fourth-order valence-corrected chi connectivity index (χ4v) is 15.1. The van der Waals surface area contributed by atoms with Crippen molar-refractivity contribution in [2.24, 2.45) is 0 Å². The van der Waals surface area contributed by atoms with Crippen LogP contribution in [0.25, 0.3) is 22.3 Å². The van der Waals surface area contributed by atoms with Gasteiger partial charge in [-0.1, -0.05) is 90.3 Å². The second-order valence-electron chi connectivity index (χ2n) is 15.6. The van der Waals surface area contributed by atoms with Crippen LogP contribution >= 0.6 is 23.5 Å². The number of rotatable bonds is 3. The molecule has 0 aliphatic carbocycles. The molecule has 0 radical (unpaired) electrons. The number of fused-ring (bicyclic) bond motifs is 9. The molecule has 0 bridgehead atoms. The molecule has 2 amide bonds. The van der Waals surface area contributed by atoms with Crippen LogP contribution in [0, 0.1) is 0 Å². The molecular weight excluding hydrogens is 867 g/mol. The highest BCUT2D eigenvalue weighted by Gasteiger charge is 2.43. The van der Waals surface area contributed by atoms with E-state index in [2.05, 4.69) is 0 Å². The molecule has 0 spiro atoms. The average Bonchev–Trinajstić information content (AvgIpc) is 3.55. The lowest BCUT2D eigenvalue weighted by Crippen LogP contribution is -2.29. The zero-order chi connectivity index (χ0) is 42.5. The number of sulfone groups is 2. The van der Waals surface area contributed by atoms with Gasteiger partial charge in [0.05, 0.1) is 70.5 Å². The maximum absolute atomic E-state index is 14.8. The lowest BCUT2D eigenvalue weighted by Gasteiger charge is -2.38. The first-order valence-corrected chi connectivity index (χ1v) is 24.5. The fourth-order valence-electron chi connectivity index (χ4n) is 9.46. The van der Waals surface area contributed by atoms with E-state index < -0.39 is 31.5 Å². The van der Waals surface area contributed by atoms with E-state index >= 15 is 0 Å². The number of hydrogen-bond donors (Lipinski definition) is 0.